The van der Waals surface area contributed by atoms with Crippen molar-refractivity contribution in [3.63, 3.8) is 0 Å². The van der Waals surface area contributed by atoms with E-state index in [-0.39, 0.29) is 11.6 Å². The van der Waals surface area contributed by atoms with E-state index in [2.05, 4.69) is 29.4 Å². The molecule has 1 amide bonds. The van der Waals surface area contributed by atoms with Crippen molar-refractivity contribution >= 4 is 17.6 Å². The number of anilines is 1. The lowest BCUT2D eigenvalue weighted by molar-refractivity contribution is -0.123. The molecule has 150 valence electrons. The zero-order chi connectivity index (χ0) is 20.8. The van der Waals surface area contributed by atoms with E-state index >= 15 is 0 Å². The number of benzene rings is 2. The minimum atomic E-state index is -0.948. The Labute approximate surface area is 170 Å². The summed E-state index contributed by atoms with van der Waals surface area (Å²) >= 11 is 0. The van der Waals surface area contributed by atoms with Gasteiger partial charge >= 0.3 is 5.97 Å². The molecule has 0 saturated carbocycles. The number of hydrogen-bond donors (Lipinski definition) is 2. The first-order valence-corrected chi connectivity index (χ1v) is 9.71. The molecule has 0 aliphatic heterocycles. The van der Waals surface area contributed by atoms with E-state index < -0.39 is 12.1 Å². The van der Waals surface area contributed by atoms with Crippen molar-refractivity contribution < 1.29 is 14.3 Å². The van der Waals surface area contributed by atoms with Gasteiger partial charge in [-0.05, 0) is 37.0 Å². The monoisotopic (exact) mass is 391 g/mol. The minimum absolute atomic E-state index is 0.198. The molecule has 3 aromatic rings. The highest BCUT2D eigenvalue weighted by molar-refractivity contribution is 5.97. The number of esters is 1. The normalized spacial score (nSPS) is 12.8. The smallest absolute Gasteiger partial charge is 0.357 e. The number of para-hydroxylation sites is 1. The molecule has 0 aliphatic carbocycles. The number of nitrogens with zero attached hydrogens (tertiary/aromatic N) is 1. The van der Waals surface area contributed by atoms with Crippen LogP contribution >= 0.6 is 0 Å². The van der Waals surface area contributed by atoms with Crippen molar-refractivity contribution in [3.8, 4) is 11.3 Å². The Balaban J connectivity index is 1.65. The van der Waals surface area contributed by atoms with Crippen molar-refractivity contribution in [1.82, 2.24) is 10.2 Å². The van der Waals surface area contributed by atoms with Gasteiger partial charge in [0.05, 0.1) is 5.69 Å². The maximum atomic E-state index is 12.6. The van der Waals surface area contributed by atoms with E-state index in [1.54, 1.807) is 13.0 Å². The van der Waals surface area contributed by atoms with Crippen LogP contribution in [0.3, 0.4) is 0 Å². The second kappa shape index (κ2) is 9.19. The van der Waals surface area contributed by atoms with Gasteiger partial charge in [0.15, 0.2) is 6.10 Å². The van der Waals surface area contributed by atoms with Crippen LogP contribution in [-0.2, 0) is 9.53 Å². The summed E-state index contributed by atoms with van der Waals surface area (Å²) in [6.07, 6.45) is 0.0111. The van der Waals surface area contributed by atoms with Crippen LogP contribution in [-0.4, -0.2) is 28.2 Å². The highest BCUT2D eigenvalue weighted by Crippen LogP contribution is 2.26. The molecule has 3 rings (SSSR count). The molecular formula is C23H25N3O3. The van der Waals surface area contributed by atoms with E-state index in [1.165, 1.54) is 0 Å². The Kier molecular flexibility index (Phi) is 6.44. The van der Waals surface area contributed by atoms with Gasteiger partial charge in [0.1, 0.15) is 5.69 Å². The highest BCUT2D eigenvalue weighted by Gasteiger charge is 2.22. The summed E-state index contributed by atoms with van der Waals surface area (Å²) in [6, 6.07) is 18.8. The number of rotatable bonds is 7. The fourth-order valence-electron chi connectivity index (χ4n) is 2.96. The fourth-order valence-corrected chi connectivity index (χ4v) is 2.96. The molecular weight excluding hydrogens is 366 g/mol. The summed E-state index contributed by atoms with van der Waals surface area (Å²) in [4.78, 5) is 25.0. The average molecular weight is 391 g/mol. The third-order valence-corrected chi connectivity index (χ3v) is 4.88. The van der Waals surface area contributed by atoms with Crippen LogP contribution in [0.25, 0.3) is 11.3 Å². The van der Waals surface area contributed by atoms with Crippen molar-refractivity contribution in [1.29, 1.82) is 0 Å². The van der Waals surface area contributed by atoms with Gasteiger partial charge in [0, 0.05) is 11.3 Å². The summed E-state index contributed by atoms with van der Waals surface area (Å²) in [5, 5.41) is 9.69. The first-order chi connectivity index (χ1) is 14.0. The molecule has 0 spiro atoms. The molecule has 0 saturated heterocycles. The number of amides is 1. The molecule has 29 heavy (non-hydrogen) atoms. The summed E-state index contributed by atoms with van der Waals surface area (Å²) < 4.78 is 5.32. The van der Waals surface area contributed by atoms with Crippen molar-refractivity contribution in [3.05, 3.63) is 71.9 Å². The number of aromatic amines is 1. The third-order valence-electron chi connectivity index (χ3n) is 4.88. The lowest BCUT2D eigenvalue weighted by atomic mass is 9.97. The van der Waals surface area contributed by atoms with E-state index in [4.69, 9.17) is 4.74 Å². The summed E-state index contributed by atoms with van der Waals surface area (Å²) in [7, 11) is 0. The van der Waals surface area contributed by atoms with Gasteiger partial charge in [0.2, 0.25) is 0 Å². The summed E-state index contributed by atoms with van der Waals surface area (Å²) in [5.41, 5.74) is 3.52. The van der Waals surface area contributed by atoms with Gasteiger partial charge < -0.3 is 10.1 Å². The Morgan fingerprint density at radius 3 is 2.48 bits per heavy atom. The van der Waals surface area contributed by atoms with E-state index in [9.17, 15) is 9.59 Å². The maximum absolute atomic E-state index is 12.6. The zero-order valence-electron chi connectivity index (χ0n) is 16.8. The maximum Gasteiger partial charge on any atom is 0.357 e. The Bertz CT molecular complexity index is 982. The van der Waals surface area contributed by atoms with Gasteiger partial charge in [-0.1, -0.05) is 62.4 Å². The Morgan fingerprint density at radius 2 is 1.76 bits per heavy atom. The topological polar surface area (TPSA) is 84.1 Å². The SMILES string of the molecule is CC[C@@H](C)c1ccccc1NC(=O)[C@@H](C)OC(=O)c1cc(-c2ccccc2)n[nH]1. The van der Waals surface area contributed by atoms with E-state index in [0.717, 1.165) is 23.2 Å². The molecule has 2 N–H and O–H groups in total. The quantitative estimate of drug-likeness (QED) is 0.568. The van der Waals surface area contributed by atoms with E-state index in [0.29, 0.717) is 11.6 Å². The van der Waals surface area contributed by atoms with Crippen LogP contribution in [0, 0.1) is 0 Å². The standard InChI is InChI=1S/C23H25N3O3/c1-4-15(2)18-12-8-9-13-19(18)24-22(27)16(3)29-23(28)21-14-20(25-26-21)17-10-6-5-7-11-17/h5-16H,4H2,1-3H3,(H,24,27)(H,25,26)/t15-,16-/m1/s1. The molecule has 2 atom stereocenters. The molecule has 0 aliphatic rings. The van der Waals surface area contributed by atoms with Gasteiger partial charge in [0.25, 0.3) is 5.91 Å². The number of carbonyl (C=O) groups excluding carboxylic acids is 2. The van der Waals surface area contributed by atoms with Gasteiger partial charge in [-0.25, -0.2) is 4.79 Å². The number of aromatic nitrogens is 2. The fraction of sp³-hybridized carbons (Fsp3) is 0.261. The van der Waals surface area contributed by atoms with Crippen LogP contribution in [0.4, 0.5) is 5.69 Å². The summed E-state index contributed by atoms with van der Waals surface area (Å²) in [5.74, 6) is -0.694. The van der Waals surface area contributed by atoms with Crippen LogP contribution in [0.15, 0.2) is 60.7 Å². The first-order valence-electron chi connectivity index (χ1n) is 9.71. The van der Waals surface area contributed by atoms with Gasteiger partial charge in [-0.15, -0.1) is 0 Å². The molecule has 1 aromatic heterocycles. The van der Waals surface area contributed by atoms with Crippen LogP contribution < -0.4 is 5.32 Å². The Morgan fingerprint density at radius 1 is 1.07 bits per heavy atom. The third kappa shape index (κ3) is 4.90. The number of hydrogen-bond acceptors (Lipinski definition) is 4. The molecule has 2 aromatic carbocycles. The highest BCUT2D eigenvalue weighted by atomic mass is 16.5. The molecule has 0 unspecified atom stereocenters. The van der Waals surface area contributed by atoms with E-state index in [1.807, 2.05) is 54.6 Å². The van der Waals surface area contributed by atoms with Crippen molar-refractivity contribution in [2.24, 2.45) is 0 Å². The Hall–Kier alpha value is -3.41. The predicted octanol–water partition coefficient (Wildman–Crippen LogP) is 4.77. The van der Waals surface area contributed by atoms with Crippen LogP contribution in [0.1, 0.15) is 49.2 Å². The number of carbonyl (C=O) groups is 2. The molecule has 1 heterocycles. The number of ether oxygens (including phenoxy) is 1. The number of nitrogens with one attached hydrogen (secondary N) is 2. The molecule has 0 radical (unpaired) electrons. The van der Waals surface area contributed by atoms with Crippen LogP contribution in [0.2, 0.25) is 0 Å². The lowest BCUT2D eigenvalue weighted by Crippen LogP contribution is -2.30. The van der Waals surface area contributed by atoms with Gasteiger partial charge in [-0.3, -0.25) is 9.89 Å². The second-order valence-corrected chi connectivity index (χ2v) is 6.97. The zero-order valence-corrected chi connectivity index (χ0v) is 16.8. The van der Waals surface area contributed by atoms with Crippen LogP contribution in [0.5, 0.6) is 0 Å². The molecule has 6 heteroatoms. The number of H-pyrrole nitrogens is 1. The lowest BCUT2D eigenvalue weighted by Gasteiger charge is -2.18. The van der Waals surface area contributed by atoms with Gasteiger partial charge in [-0.2, -0.15) is 5.10 Å². The largest absolute Gasteiger partial charge is 0.448 e. The second-order valence-electron chi connectivity index (χ2n) is 6.97. The van der Waals surface area contributed by atoms with Crippen molar-refractivity contribution in [2.75, 3.05) is 5.32 Å². The minimum Gasteiger partial charge on any atom is -0.448 e. The molecule has 0 fully saturated rings. The molecule has 6 nitrogen and oxygen atoms in total. The van der Waals surface area contributed by atoms with Crippen molar-refractivity contribution in [2.45, 2.75) is 39.2 Å². The first kappa shape index (κ1) is 20.3. The molecule has 0 bridgehead atoms. The summed E-state index contributed by atoms with van der Waals surface area (Å²) in [6.45, 7) is 5.76. The predicted molar refractivity (Wildman–Crippen MR) is 113 cm³/mol. The average Bonchev–Trinajstić information content (AvgIpc) is 3.24.